The van der Waals surface area contributed by atoms with Crippen molar-refractivity contribution in [2.75, 3.05) is 31.1 Å². The Hall–Kier alpha value is -3.67. The van der Waals surface area contributed by atoms with E-state index in [1.165, 1.54) is 17.8 Å². The average Bonchev–Trinajstić information content (AvgIpc) is 3.48. The van der Waals surface area contributed by atoms with E-state index in [0.29, 0.717) is 23.8 Å². The molecule has 2 aliphatic rings. The van der Waals surface area contributed by atoms with Gasteiger partial charge in [0.15, 0.2) is 5.82 Å². The second-order valence-corrected chi connectivity index (χ2v) is 8.88. The van der Waals surface area contributed by atoms with Crippen molar-refractivity contribution in [3.63, 3.8) is 0 Å². The van der Waals surface area contributed by atoms with E-state index in [1.807, 2.05) is 13.0 Å². The second-order valence-electron chi connectivity index (χ2n) is 8.88. The minimum absolute atomic E-state index is 0.146. The highest BCUT2D eigenvalue weighted by Crippen LogP contribution is 2.34. The Kier molecular flexibility index (Phi) is 6.52. The molecule has 36 heavy (non-hydrogen) atoms. The number of allylic oxidation sites excluding steroid dienone is 4. The average molecular weight is 502 g/mol. The van der Waals surface area contributed by atoms with Crippen LogP contribution < -0.4 is 10.2 Å². The normalized spacial score (nSPS) is 18.7. The lowest BCUT2D eigenvalue weighted by molar-refractivity contribution is -0.308. The van der Waals surface area contributed by atoms with Gasteiger partial charge in [-0.05, 0) is 37.1 Å². The molecule has 1 fully saturated rings. The zero-order chi connectivity index (χ0) is 25.3. The van der Waals surface area contributed by atoms with E-state index in [1.54, 1.807) is 11.6 Å². The third-order valence-electron chi connectivity index (χ3n) is 6.18. The van der Waals surface area contributed by atoms with Crippen molar-refractivity contribution in [3.05, 3.63) is 59.4 Å². The summed E-state index contributed by atoms with van der Waals surface area (Å²) in [6.07, 6.45) is -1.64. The van der Waals surface area contributed by atoms with E-state index in [-0.39, 0.29) is 23.9 Å². The Bertz CT molecular complexity index is 1290. The molecule has 0 saturated carbocycles. The predicted octanol–water partition coefficient (Wildman–Crippen LogP) is 3.94. The zero-order valence-corrected chi connectivity index (χ0v) is 19.9. The molecule has 1 N–H and O–H groups in total. The minimum Gasteiger partial charge on any atom is -0.410 e. The quantitative estimate of drug-likeness (QED) is 0.543. The molecule has 1 aliphatic carbocycles. The Morgan fingerprint density at radius 2 is 1.94 bits per heavy atom. The summed E-state index contributed by atoms with van der Waals surface area (Å²) in [6, 6.07) is 8.38. The number of rotatable bonds is 6. The van der Waals surface area contributed by atoms with Crippen LogP contribution in [0.5, 0.6) is 0 Å². The highest BCUT2D eigenvalue weighted by Gasteiger charge is 2.34. The third-order valence-corrected chi connectivity index (χ3v) is 6.18. The number of aryl methyl sites for hydroxylation is 1. The number of nitrogens with one attached hydrogen (secondary N) is 1. The number of aromatic nitrogens is 5. The lowest BCUT2D eigenvalue weighted by Crippen LogP contribution is -2.43. The van der Waals surface area contributed by atoms with E-state index in [4.69, 9.17) is 4.52 Å². The molecule has 0 amide bonds. The van der Waals surface area contributed by atoms with Gasteiger partial charge in [0.25, 0.3) is 5.89 Å². The number of anilines is 1. The Labute approximate surface area is 205 Å². The lowest BCUT2D eigenvalue weighted by atomic mass is 9.94. The number of halogens is 3. The molecule has 1 aliphatic heterocycles. The number of hydrogen-bond donors (Lipinski definition) is 1. The van der Waals surface area contributed by atoms with E-state index in [9.17, 15) is 13.2 Å². The number of piperazine rings is 1. The van der Waals surface area contributed by atoms with E-state index < -0.39 is 12.3 Å². The summed E-state index contributed by atoms with van der Waals surface area (Å²) in [5.41, 5.74) is 2.93. The summed E-state index contributed by atoms with van der Waals surface area (Å²) in [5, 5.41) is 11.9. The SMILES string of the molecule is Cc1nc(-c2nc(C3=CC=C(OC(F)(F)F)C(C)C3)no2)nn1Cc1cccc(N2CCNCC2)c1. The molecule has 0 radical (unpaired) electrons. The summed E-state index contributed by atoms with van der Waals surface area (Å²) in [5.74, 6) is 0.802. The van der Waals surface area contributed by atoms with Gasteiger partial charge in [-0.1, -0.05) is 30.3 Å². The van der Waals surface area contributed by atoms with Gasteiger partial charge in [-0.25, -0.2) is 9.67 Å². The maximum Gasteiger partial charge on any atom is 0.572 e. The number of hydrogen-bond acceptors (Lipinski definition) is 8. The van der Waals surface area contributed by atoms with Crippen LogP contribution in [0.15, 0.2) is 46.7 Å². The molecule has 9 nitrogen and oxygen atoms in total. The monoisotopic (exact) mass is 501 g/mol. The number of benzene rings is 1. The van der Waals surface area contributed by atoms with Crippen molar-refractivity contribution in [2.24, 2.45) is 5.92 Å². The molecule has 1 atom stereocenters. The van der Waals surface area contributed by atoms with Crippen molar-refractivity contribution in [1.82, 2.24) is 30.2 Å². The van der Waals surface area contributed by atoms with Crippen LogP contribution in [0.25, 0.3) is 17.3 Å². The molecule has 0 bridgehead atoms. The topological polar surface area (TPSA) is 94.1 Å². The van der Waals surface area contributed by atoms with Gasteiger partial charge >= 0.3 is 6.36 Å². The van der Waals surface area contributed by atoms with Crippen LogP contribution in [0.3, 0.4) is 0 Å². The first-order valence-corrected chi connectivity index (χ1v) is 11.7. The Morgan fingerprint density at radius 1 is 1.14 bits per heavy atom. The summed E-state index contributed by atoms with van der Waals surface area (Å²) < 4.78 is 48.9. The van der Waals surface area contributed by atoms with Gasteiger partial charge in [-0.2, -0.15) is 4.98 Å². The molecule has 0 spiro atoms. The maximum atomic E-state index is 12.6. The van der Waals surface area contributed by atoms with Crippen LogP contribution in [-0.4, -0.2) is 57.4 Å². The summed E-state index contributed by atoms with van der Waals surface area (Å²) in [6.45, 7) is 7.91. The highest BCUT2D eigenvalue weighted by atomic mass is 19.4. The van der Waals surface area contributed by atoms with Gasteiger partial charge in [0.2, 0.25) is 5.82 Å². The zero-order valence-electron chi connectivity index (χ0n) is 19.9. The van der Waals surface area contributed by atoms with Crippen molar-refractivity contribution in [2.45, 2.75) is 33.2 Å². The molecule has 190 valence electrons. The smallest absolute Gasteiger partial charge is 0.410 e. The fourth-order valence-corrected chi connectivity index (χ4v) is 4.33. The van der Waals surface area contributed by atoms with Crippen LogP contribution in [0.1, 0.15) is 30.6 Å². The lowest BCUT2D eigenvalue weighted by Gasteiger charge is -2.29. The van der Waals surface area contributed by atoms with Gasteiger partial charge in [0, 0.05) is 43.4 Å². The first-order chi connectivity index (χ1) is 17.2. The van der Waals surface area contributed by atoms with Gasteiger partial charge in [-0.3, -0.25) is 0 Å². The fraction of sp³-hybridized carbons (Fsp3) is 0.417. The van der Waals surface area contributed by atoms with Gasteiger partial charge < -0.3 is 19.5 Å². The van der Waals surface area contributed by atoms with Crippen molar-refractivity contribution < 1.29 is 22.4 Å². The molecule has 3 heterocycles. The number of alkyl halides is 3. The molecule has 1 saturated heterocycles. The molecule has 3 aromatic rings. The van der Waals surface area contributed by atoms with Crippen molar-refractivity contribution >= 4 is 11.3 Å². The van der Waals surface area contributed by atoms with E-state index in [0.717, 1.165) is 31.7 Å². The molecule has 5 rings (SSSR count). The third kappa shape index (κ3) is 5.43. The van der Waals surface area contributed by atoms with Crippen LogP contribution in [0, 0.1) is 12.8 Å². The van der Waals surface area contributed by atoms with Crippen LogP contribution >= 0.6 is 0 Å². The molecule has 2 aromatic heterocycles. The highest BCUT2D eigenvalue weighted by molar-refractivity contribution is 5.64. The summed E-state index contributed by atoms with van der Waals surface area (Å²) >= 11 is 0. The first-order valence-electron chi connectivity index (χ1n) is 11.7. The van der Waals surface area contributed by atoms with E-state index >= 15 is 0 Å². The fourth-order valence-electron chi connectivity index (χ4n) is 4.33. The summed E-state index contributed by atoms with van der Waals surface area (Å²) in [7, 11) is 0. The number of nitrogens with zero attached hydrogens (tertiary/aromatic N) is 6. The first kappa shape index (κ1) is 24.0. The number of ether oxygens (including phenoxy) is 1. The van der Waals surface area contributed by atoms with Crippen molar-refractivity contribution in [3.8, 4) is 11.7 Å². The molecule has 1 unspecified atom stereocenters. The Balaban J connectivity index is 1.31. The molecule has 12 heteroatoms. The molecular weight excluding hydrogens is 475 g/mol. The van der Waals surface area contributed by atoms with Crippen LogP contribution in [0.2, 0.25) is 0 Å². The molecular formula is C24H26F3N7O2. The standard InChI is InChI=1S/C24H26F3N7O2/c1-15-12-18(6-7-20(15)35-24(25,26)27)21-30-23(36-32-21)22-29-16(2)34(31-22)14-17-4-3-5-19(13-17)33-10-8-28-9-11-33/h3-7,13,15,28H,8-12,14H2,1-2H3. The van der Waals surface area contributed by atoms with Gasteiger partial charge in [-0.15, -0.1) is 18.3 Å². The largest absolute Gasteiger partial charge is 0.572 e. The van der Waals surface area contributed by atoms with Crippen molar-refractivity contribution in [1.29, 1.82) is 0 Å². The minimum atomic E-state index is -4.72. The van der Waals surface area contributed by atoms with E-state index in [2.05, 4.69) is 53.4 Å². The Morgan fingerprint density at radius 3 is 2.69 bits per heavy atom. The van der Waals surface area contributed by atoms with Crippen LogP contribution in [-0.2, 0) is 11.3 Å². The van der Waals surface area contributed by atoms with Gasteiger partial charge in [0.1, 0.15) is 11.6 Å². The summed E-state index contributed by atoms with van der Waals surface area (Å²) in [4.78, 5) is 11.2. The van der Waals surface area contributed by atoms with Crippen LogP contribution in [0.4, 0.5) is 18.9 Å². The second kappa shape index (κ2) is 9.76. The maximum absolute atomic E-state index is 12.6. The predicted molar refractivity (Wildman–Crippen MR) is 126 cm³/mol. The van der Waals surface area contributed by atoms with Gasteiger partial charge in [0.05, 0.1) is 6.54 Å². The molecule has 1 aromatic carbocycles.